The molecule has 0 atom stereocenters. The van der Waals surface area contributed by atoms with Gasteiger partial charge in [-0.15, -0.1) is 0 Å². The van der Waals surface area contributed by atoms with Crippen LogP contribution in [0.3, 0.4) is 0 Å². The summed E-state index contributed by atoms with van der Waals surface area (Å²) in [5.41, 5.74) is 2.83. The van der Waals surface area contributed by atoms with Gasteiger partial charge in [0.25, 0.3) is 0 Å². The highest BCUT2D eigenvalue weighted by Crippen LogP contribution is 2.51. The molecule has 1 nitrogen and oxygen atoms in total. The lowest BCUT2D eigenvalue weighted by Gasteiger charge is -2.22. The Hall–Kier alpha value is -3.28. The second kappa shape index (κ2) is 6.11. The first-order valence-corrected chi connectivity index (χ1v) is 9.27. The second-order valence-electron chi connectivity index (χ2n) is 7.92. The molecule has 0 spiro atoms. The lowest BCUT2D eigenvalue weighted by molar-refractivity contribution is 0.381. The van der Waals surface area contributed by atoms with Crippen LogP contribution >= 0.6 is 0 Å². The van der Waals surface area contributed by atoms with Gasteiger partial charge in [0.2, 0.25) is 5.82 Å². The maximum atomic E-state index is 14.4. The molecule has 0 fully saturated rings. The Bertz CT molecular complexity index is 1350. The Morgan fingerprint density at radius 2 is 1.33 bits per heavy atom. The van der Waals surface area contributed by atoms with Crippen molar-refractivity contribution in [3.63, 3.8) is 0 Å². The first-order chi connectivity index (χ1) is 14.2. The van der Waals surface area contributed by atoms with E-state index in [0.717, 1.165) is 33.2 Å². The monoisotopic (exact) mass is 411 g/mol. The molecule has 1 heterocycles. The summed E-state index contributed by atoms with van der Waals surface area (Å²) in [5.74, 6) is -9.75. The molecule has 0 amide bonds. The normalized spacial score (nSPS) is 14.1. The van der Waals surface area contributed by atoms with Gasteiger partial charge in [0.15, 0.2) is 23.3 Å². The van der Waals surface area contributed by atoms with Crippen molar-refractivity contribution >= 4 is 10.9 Å². The number of hydrogen-bond acceptors (Lipinski definition) is 1. The van der Waals surface area contributed by atoms with E-state index in [2.05, 4.69) is 4.98 Å². The van der Waals surface area contributed by atoms with E-state index in [1.165, 1.54) is 12.1 Å². The molecule has 0 aliphatic heterocycles. The van der Waals surface area contributed by atoms with E-state index in [1.54, 1.807) is 12.3 Å². The van der Waals surface area contributed by atoms with Gasteiger partial charge in [0, 0.05) is 17.0 Å². The Kier molecular flexibility index (Phi) is 3.81. The van der Waals surface area contributed by atoms with Crippen molar-refractivity contribution in [3.8, 4) is 22.3 Å². The molecule has 4 aromatic rings. The molecule has 0 saturated heterocycles. The minimum absolute atomic E-state index is 0.0647. The van der Waals surface area contributed by atoms with Crippen LogP contribution < -0.4 is 0 Å². The number of hydrogen-bond donors (Lipinski definition) is 0. The summed E-state index contributed by atoms with van der Waals surface area (Å²) in [6, 6.07) is 12.3. The van der Waals surface area contributed by atoms with Crippen molar-refractivity contribution < 1.29 is 22.0 Å². The van der Waals surface area contributed by atoms with Crippen LogP contribution in [0, 0.1) is 29.1 Å². The van der Waals surface area contributed by atoms with Gasteiger partial charge in [0.05, 0.1) is 11.1 Å². The highest BCUT2D eigenvalue weighted by molar-refractivity contribution is 5.92. The van der Waals surface area contributed by atoms with Crippen molar-refractivity contribution in [3.05, 3.63) is 88.9 Å². The molecule has 30 heavy (non-hydrogen) atoms. The fraction of sp³-hybridized carbons (Fsp3) is 0.125. The van der Waals surface area contributed by atoms with E-state index < -0.39 is 40.1 Å². The molecular formula is C24H14F5N. The Labute approximate surface area is 168 Å². The van der Waals surface area contributed by atoms with Gasteiger partial charge in [0.1, 0.15) is 0 Å². The molecule has 1 aliphatic carbocycles. The van der Waals surface area contributed by atoms with Crippen LogP contribution in [-0.4, -0.2) is 4.98 Å². The summed E-state index contributed by atoms with van der Waals surface area (Å²) in [6.07, 6.45) is 1.70. The summed E-state index contributed by atoms with van der Waals surface area (Å²) in [5, 5.41) is 0.948. The van der Waals surface area contributed by atoms with Gasteiger partial charge >= 0.3 is 0 Å². The molecule has 5 rings (SSSR count). The SMILES string of the molecule is CC1(C)c2cc(-c3c(F)c(F)c(F)c(F)c3F)ccc2-c2cc3cccnc3cc21. The fourth-order valence-electron chi connectivity index (χ4n) is 4.32. The number of aromatic nitrogens is 1. The van der Waals surface area contributed by atoms with Crippen LogP contribution in [0.25, 0.3) is 33.2 Å². The summed E-state index contributed by atoms with van der Waals surface area (Å²) < 4.78 is 69.6. The second-order valence-corrected chi connectivity index (χ2v) is 7.92. The zero-order valence-corrected chi connectivity index (χ0v) is 16.0. The lowest BCUT2D eigenvalue weighted by Crippen LogP contribution is -2.15. The number of pyridine rings is 1. The highest BCUT2D eigenvalue weighted by atomic mass is 19.2. The van der Waals surface area contributed by atoms with E-state index in [4.69, 9.17) is 0 Å². The van der Waals surface area contributed by atoms with E-state index >= 15 is 0 Å². The Morgan fingerprint density at radius 3 is 2.03 bits per heavy atom. The Morgan fingerprint density at radius 1 is 0.700 bits per heavy atom. The number of halogens is 5. The van der Waals surface area contributed by atoms with Crippen LogP contribution in [-0.2, 0) is 5.41 Å². The van der Waals surface area contributed by atoms with Gasteiger partial charge in [-0.05, 0) is 52.1 Å². The molecule has 0 unspecified atom stereocenters. The zero-order chi connectivity index (χ0) is 21.4. The van der Waals surface area contributed by atoms with E-state index in [-0.39, 0.29) is 5.56 Å². The van der Waals surface area contributed by atoms with E-state index in [9.17, 15) is 22.0 Å². The summed E-state index contributed by atoms with van der Waals surface area (Å²) >= 11 is 0. The van der Waals surface area contributed by atoms with Crippen molar-refractivity contribution in [1.29, 1.82) is 0 Å². The standard InChI is InChI=1S/C24H14F5N/c1-24(2)15-9-12(18-19(25)21(27)23(29)22(28)20(18)26)5-6-13(15)14-8-11-4-3-7-30-17(11)10-16(14)24/h3-10H,1-2H3. The molecule has 150 valence electrons. The van der Waals surface area contributed by atoms with Crippen LogP contribution in [0.2, 0.25) is 0 Å². The van der Waals surface area contributed by atoms with Crippen LogP contribution in [0.5, 0.6) is 0 Å². The van der Waals surface area contributed by atoms with Gasteiger partial charge < -0.3 is 0 Å². The van der Waals surface area contributed by atoms with Crippen LogP contribution in [0.15, 0.2) is 48.7 Å². The van der Waals surface area contributed by atoms with Gasteiger partial charge in [-0.1, -0.05) is 32.0 Å². The number of nitrogens with zero attached hydrogens (tertiary/aromatic N) is 1. The first kappa shape index (κ1) is 18.7. The van der Waals surface area contributed by atoms with E-state index in [1.807, 2.05) is 38.1 Å². The number of benzene rings is 3. The quantitative estimate of drug-likeness (QED) is 0.189. The summed E-state index contributed by atoms with van der Waals surface area (Å²) in [6.45, 7) is 3.91. The maximum Gasteiger partial charge on any atom is 0.200 e. The highest BCUT2D eigenvalue weighted by Gasteiger charge is 2.37. The van der Waals surface area contributed by atoms with Crippen LogP contribution in [0.4, 0.5) is 22.0 Å². The molecule has 0 saturated carbocycles. The van der Waals surface area contributed by atoms with Crippen molar-refractivity contribution in [2.45, 2.75) is 19.3 Å². The topological polar surface area (TPSA) is 12.9 Å². The van der Waals surface area contributed by atoms with Crippen molar-refractivity contribution in [2.75, 3.05) is 0 Å². The van der Waals surface area contributed by atoms with Gasteiger partial charge in [-0.3, -0.25) is 4.98 Å². The Balaban J connectivity index is 1.77. The van der Waals surface area contributed by atoms with Crippen molar-refractivity contribution in [1.82, 2.24) is 4.98 Å². The molecule has 0 radical (unpaired) electrons. The predicted molar refractivity (Wildman–Crippen MR) is 105 cm³/mol. The number of rotatable bonds is 1. The third-order valence-corrected chi connectivity index (χ3v) is 5.90. The first-order valence-electron chi connectivity index (χ1n) is 9.27. The molecule has 0 N–H and O–H groups in total. The fourth-order valence-corrected chi connectivity index (χ4v) is 4.32. The molecule has 1 aromatic heterocycles. The zero-order valence-electron chi connectivity index (χ0n) is 16.0. The third kappa shape index (κ3) is 2.36. The largest absolute Gasteiger partial charge is 0.256 e. The smallest absolute Gasteiger partial charge is 0.200 e. The van der Waals surface area contributed by atoms with Crippen LogP contribution in [0.1, 0.15) is 25.0 Å². The summed E-state index contributed by atoms with van der Waals surface area (Å²) in [4.78, 5) is 4.39. The summed E-state index contributed by atoms with van der Waals surface area (Å²) in [7, 11) is 0. The lowest BCUT2D eigenvalue weighted by atomic mass is 9.81. The minimum Gasteiger partial charge on any atom is -0.256 e. The van der Waals surface area contributed by atoms with Crippen molar-refractivity contribution in [2.24, 2.45) is 0 Å². The average Bonchev–Trinajstić information content (AvgIpc) is 2.96. The molecular weight excluding hydrogens is 397 g/mol. The molecule has 6 heteroatoms. The molecule has 0 bridgehead atoms. The minimum atomic E-state index is -2.16. The number of fused-ring (bicyclic) bond motifs is 4. The molecule has 1 aliphatic rings. The predicted octanol–water partition coefficient (Wildman–Crippen LogP) is 6.90. The average molecular weight is 411 g/mol. The van der Waals surface area contributed by atoms with E-state index in [0.29, 0.717) is 0 Å². The third-order valence-electron chi connectivity index (χ3n) is 5.90. The maximum absolute atomic E-state index is 14.4. The van der Waals surface area contributed by atoms with Gasteiger partial charge in [-0.25, -0.2) is 22.0 Å². The van der Waals surface area contributed by atoms with Gasteiger partial charge in [-0.2, -0.15) is 0 Å². The molecule has 3 aromatic carbocycles.